The van der Waals surface area contributed by atoms with E-state index in [1.54, 1.807) is 5.82 Å². The van der Waals surface area contributed by atoms with Crippen LogP contribution in [0.4, 0.5) is 0 Å². The Labute approximate surface area is 64.5 Å². The van der Waals surface area contributed by atoms with Crippen molar-refractivity contribution in [2.75, 3.05) is 13.2 Å². The Morgan fingerprint density at radius 3 is 2.00 bits per heavy atom. The van der Waals surface area contributed by atoms with Crippen molar-refractivity contribution >= 4 is 15.2 Å². The van der Waals surface area contributed by atoms with Crippen LogP contribution in [0.15, 0.2) is 12.4 Å². The molecule has 0 amide bonds. The molecule has 0 aromatic carbocycles. The molecular weight excluding hydrogens is 146 g/mol. The van der Waals surface area contributed by atoms with Gasteiger partial charge >= 0.3 is 63.7 Å². The molecule has 60 valence electrons. The summed E-state index contributed by atoms with van der Waals surface area (Å²) in [5.74, 6) is 1.81. The summed E-state index contributed by atoms with van der Waals surface area (Å²) in [6.45, 7) is 9.02. The van der Waals surface area contributed by atoms with Gasteiger partial charge in [0.2, 0.25) is 0 Å². The van der Waals surface area contributed by atoms with E-state index >= 15 is 0 Å². The molecule has 0 saturated heterocycles. The molecule has 0 unspecified atom stereocenters. The van der Waals surface area contributed by atoms with Crippen molar-refractivity contribution in [2.24, 2.45) is 0 Å². The molecule has 0 N–H and O–H groups in total. The van der Waals surface area contributed by atoms with Gasteiger partial charge in [0.1, 0.15) is 0 Å². The first kappa shape index (κ1) is 10.2. The monoisotopic (exact) mass is 162 g/mol. The second-order valence-corrected chi connectivity index (χ2v) is 5.10. The zero-order valence-corrected chi connectivity index (χ0v) is 8.02. The first-order valence-corrected chi connectivity index (χ1v) is 5.99. The third-order valence-electron chi connectivity index (χ3n) is 1.23. The molecule has 0 spiro atoms. The van der Waals surface area contributed by atoms with Crippen molar-refractivity contribution in [2.45, 2.75) is 13.8 Å². The number of rotatable bonds is 5. The fourth-order valence-corrected chi connectivity index (χ4v) is 2.20. The quantitative estimate of drug-likeness (QED) is 0.448. The predicted molar refractivity (Wildman–Crippen MR) is 50.3 cm³/mol. The molecule has 10 heavy (non-hydrogen) atoms. The van der Waals surface area contributed by atoms with Crippen LogP contribution in [0.3, 0.4) is 0 Å². The molecule has 0 aromatic heterocycles. The maximum atomic E-state index is 5.42. The van der Waals surface area contributed by atoms with Gasteiger partial charge in [-0.25, -0.2) is 0 Å². The summed E-state index contributed by atoms with van der Waals surface area (Å²) < 4.78 is 10.8. The summed E-state index contributed by atoms with van der Waals surface area (Å²) in [7, 11) is 0.0336. The number of hydrogen-bond donors (Lipinski definition) is 0. The molecule has 0 radical (unpaired) electrons. The molecule has 0 aliphatic carbocycles. The molecule has 0 bridgehead atoms. The Balaban J connectivity index is 3.81. The van der Waals surface area contributed by atoms with Crippen LogP contribution in [0, 0.1) is 0 Å². The minimum atomic E-state index is -1.96. The van der Waals surface area contributed by atoms with Crippen molar-refractivity contribution in [1.82, 2.24) is 0 Å². The van der Waals surface area contributed by atoms with Gasteiger partial charge in [-0.15, -0.1) is 0 Å². The van der Waals surface area contributed by atoms with Gasteiger partial charge in [0.05, 0.1) is 0 Å². The predicted octanol–water partition coefficient (Wildman–Crippen LogP) is 1.33. The van der Waals surface area contributed by atoms with Gasteiger partial charge < -0.3 is 0 Å². The Bertz CT molecular complexity index is 102. The molecule has 0 aromatic rings. The zero-order chi connectivity index (χ0) is 8.04. The fraction of sp³-hybridized carbons (Fsp3) is 0.667. The Morgan fingerprint density at radius 1 is 1.40 bits per heavy atom. The minimum absolute atomic E-state index is 0.703. The van der Waals surface area contributed by atoms with Gasteiger partial charge in [0.15, 0.2) is 0 Å². The van der Waals surface area contributed by atoms with E-state index in [-0.39, 0.29) is 0 Å². The van der Waals surface area contributed by atoms with Crippen molar-refractivity contribution in [3.63, 3.8) is 0 Å². The van der Waals surface area contributed by atoms with E-state index in [0.29, 0.717) is 13.2 Å². The molecule has 0 saturated carbocycles. The molecule has 4 heteroatoms. The van der Waals surface area contributed by atoms with Crippen LogP contribution in [-0.2, 0) is 9.05 Å². The van der Waals surface area contributed by atoms with E-state index in [0.717, 1.165) is 0 Å². The van der Waals surface area contributed by atoms with Crippen LogP contribution in [0.1, 0.15) is 13.8 Å². The summed E-state index contributed by atoms with van der Waals surface area (Å²) in [4.78, 5) is 0. The summed E-state index contributed by atoms with van der Waals surface area (Å²) in [5.41, 5.74) is 0. The van der Waals surface area contributed by atoms with E-state index in [9.17, 15) is 0 Å². The fourth-order valence-electron chi connectivity index (χ4n) is 0.733. The topological polar surface area (TPSA) is 18.5 Å². The maximum absolute atomic E-state index is 5.42. The van der Waals surface area contributed by atoms with Gasteiger partial charge in [0, 0.05) is 0 Å². The third kappa shape index (κ3) is 3.36. The molecule has 0 aliphatic heterocycles. The second-order valence-electron chi connectivity index (χ2n) is 2.09. The SMILES string of the molecule is B[PH](C=C)(OCC)OCC. The molecule has 0 fully saturated rings. The molecule has 0 heterocycles. The van der Waals surface area contributed by atoms with Crippen LogP contribution in [0.5, 0.6) is 0 Å². The van der Waals surface area contributed by atoms with Crippen LogP contribution < -0.4 is 0 Å². The van der Waals surface area contributed by atoms with Crippen molar-refractivity contribution in [3.8, 4) is 0 Å². The molecule has 2 nitrogen and oxygen atoms in total. The van der Waals surface area contributed by atoms with E-state index in [2.05, 4.69) is 6.58 Å². The van der Waals surface area contributed by atoms with Gasteiger partial charge in [-0.05, 0) is 0 Å². The summed E-state index contributed by atoms with van der Waals surface area (Å²) in [5, 5.41) is 0. The van der Waals surface area contributed by atoms with Gasteiger partial charge in [-0.3, -0.25) is 0 Å². The Morgan fingerprint density at radius 2 is 1.80 bits per heavy atom. The zero-order valence-electron chi connectivity index (χ0n) is 7.02. The normalized spacial score (nSPS) is 13.0. The third-order valence-corrected chi connectivity index (χ3v) is 3.70. The first-order chi connectivity index (χ1) is 4.68. The van der Waals surface area contributed by atoms with E-state index in [1.165, 1.54) is 0 Å². The van der Waals surface area contributed by atoms with Crippen molar-refractivity contribution < 1.29 is 9.05 Å². The van der Waals surface area contributed by atoms with Crippen molar-refractivity contribution in [3.05, 3.63) is 12.4 Å². The second kappa shape index (κ2) is 4.89. The molecular formula is C6H16BO2P. The first-order valence-electron chi connectivity index (χ1n) is 3.60. The molecule has 0 rings (SSSR count). The number of hydrogen-bond acceptors (Lipinski definition) is 2. The van der Waals surface area contributed by atoms with Crippen LogP contribution in [-0.4, -0.2) is 20.8 Å². The Hall–Kier alpha value is 0.155. The van der Waals surface area contributed by atoms with Gasteiger partial charge in [-0.2, -0.15) is 0 Å². The van der Waals surface area contributed by atoms with Gasteiger partial charge in [-0.1, -0.05) is 0 Å². The molecule has 0 aliphatic rings. The van der Waals surface area contributed by atoms with Crippen molar-refractivity contribution in [1.29, 1.82) is 0 Å². The average Bonchev–Trinajstić information content (AvgIpc) is 1.89. The molecule has 0 atom stereocenters. The van der Waals surface area contributed by atoms with Crippen LogP contribution >= 0.6 is 7.59 Å². The van der Waals surface area contributed by atoms with Gasteiger partial charge in [0.25, 0.3) is 0 Å². The summed E-state index contributed by atoms with van der Waals surface area (Å²) in [6.07, 6.45) is 0. The standard InChI is InChI=1S/C6H16BO2P/c1-4-8-10(7,6-3)9-5-2/h6,10H,3-5,7H2,1-2H3. The van der Waals surface area contributed by atoms with Crippen LogP contribution in [0.2, 0.25) is 0 Å². The Kier molecular flexibility index (Phi) is 4.97. The van der Waals surface area contributed by atoms with Crippen LogP contribution in [0.25, 0.3) is 0 Å². The van der Waals surface area contributed by atoms with E-state index < -0.39 is 7.59 Å². The average molecular weight is 162 g/mol. The van der Waals surface area contributed by atoms with E-state index in [4.69, 9.17) is 9.05 Å². The summed E-state index contributed by atoms with van der Waals surface area (Å²) >= 11 is 0. The van der Waals surface area contributed by atoms with E-state index in [1.807, 2.05) is 21.4 Å². The summed E-state index contributed by atoms with van der Waals surface area (Å²) in [6, 6.07) is 0.